The van der Waals surface area contributed by atoms with Crippen LogP contribution in [0.25, 0.3) is 0 Å². The fraction of sp³-hybridized carbons (Fsp3) is 0.962. The fourth-order valence-corrected chi connectivity index (χ4v) is 10.2. The van der Waals surface area contributed by atoms with Gasteiger partial charge in [-0.15, -0.1) is 0 Å². The maximum Gasteiger partial charge on any atom is 0.274 e. The Morgan fingerprint density at radius 1 is 0.403 bits per heavy atom. The lowest BCUT2D eigenvalue weighted by atomic mass is 9.74. The number of hydrogen-bond acceptors (Lipinski definition) is 6. The molecule has 1 unspecified atom stereocenters. The summed E-state index contributed by atoms with van der Waals surface area (Å²) in [7, 11) is -5.15. The molecule has 10 heteroatoms. The molecule has 0 saturated carbocycles. The van der Waals surface area contributed by atoms with Crippen molar-refractivity contribution in [2.24, 2.45) is 5.41 Å². The monoisotopic (exact) mass is 905 g/mol. The van der Waals surface area contributed by atoms with Gasteiger partial charge in [0.25, 0.3) is 10.1 Å². The molecule has 0 radical (unpaired) electrons. The van der Waals surface area contributed by atoms with Crippen molar-refractivity contribution in [2.75, 3.05) is 52.4 Å². The Balaban J connectivity index is -0.000000888. The predicted molar refractivity (Wildman–Crippen MR) is 262 cm³/mol. The predicted octanol–water partition coefficient (Wildman–Crippen LogP) is 12.2. The average molecular weight is 906 g/mol. The number of carboxylic acid groups (broad SMARTS) is 2. The number of unbranched alkanes of at least 4 members (excludes halogenated alkanes) is 18. The van der Waals surface area contributed by atoms with E-state index in [9.17, 15) is 32.8 Å². The molecule has 0 rings (SSSR count). The summed E-state index contributed by atoms with van der Waals surface area (Å²) in [6.45, 7) is 34.2. The highest BCUT2D eigenvalue weighted by molar-refractivity contribution is 7.87. The van der Waals surface area contributed by atoms with Crippen molar-refractivity contribution in [3.05, 3.63) is 0 Å². The molecule has 0 amide bonds. The van der Waals surface area contributed by atoms with Crippen LogP contribution in [-0.2, 0) is 19.7 Å². The third-order valence-electron chi connectivity index (χ3n) is 13.3. The van der Waals surface area contributed by atoms with Crippen molar-refractivity contribution in [3.8, 4) is 0 Å². The summed E-state index contributed by atoms with van der Waals surface area (Å²) in [6.07, 6.45) is 31.7. The lowest BCUT2D eigenvalue weighted by Gasteiger charge is -2.40. The van der Waals surface area contributed by atoms with Crippen LogP contribution in [0.1, 0.15) is 262 Å². The zero-order valence-electron chi connectivity index (χ0n) is 43.1. The third-order valence-corrected chi connectivity index (χ3v) is 14.5. The lowest BCUT2D eigenvalue weighted by Crippen LogP contribution is -2.59. The van der Waals surface area contributed by atoms with Crippen LogP contribution in [0, 0.1) is 5.41 Å². The summed E-state index contributed by atoms with van der Waals surface area (Å²) in [5.41, 5.74) is -2.18. The first kappa shape index (κ1) is 65.1. The number of carboxylic acids is 2. The number of carbonyl (C=O) groups is 2. The van der Waals surface area contributed by atoms with Crippen LogP contribution in [0.2, 0.25) is 0 Å². The number of quaternary nitrogens is 2. The van der Waals surface area contributed by atoms with Gasteiger partial charge in [0.15, 0.2) is 0 Å². The molecule has 374 valence electrons. The molecule has 0 bridgehead atoms. The molecule has 9 nitrogen and oxygen atoms in total. The van der Waals surface area contributed by atoms with E-state index in [-0.39, 0.29) is 12.8 Å². The highest BCUT2D eigenvalue weighted by Gasteiger charge is 2.47. The van der Waals surface area contributed by atoms with Gasteiger partial charge in [-0.25, -0.2) is 0 Å². The normalized spacial score (nSPS) is 12.6. The first-order valence-electron chi connectivity index (χ1n) is 26.7. The molecule has 0 spiro atoms. The smallest absolute Gasteiger partial charge is 0.274 e. The summed E-state index contributed by atoms with van der Waals surface area (Å²) < 4.78 is 35.7. The molecular formula is C52H108N2O7S. The van der Waals surface area contributed by atoms with E-state index in [4.69, 9.17) is 0 Å². The molecule has 0 aromatic rings. The van der Waals surface area contributed by atoms with Gasteiger partial charge in [0, 0.05) is 11.4 Å². The fourth-order valence-electron chi connectivity index (χ4n) is 9.06. The molecule has 62 heavy (non-hydrogen) atoms. The molecule has 0 aliphatic heterocycles. The van der Waals surface area contributed by atoms with Gasteiger partial charge in [-0.3, -0.25) is 4.55 Å². The van der Waals surface area contributed by atoms with E-state index in [0.29, 0.717) is 25.7 Å². The Labute approximate surface area is 387 Å². The largest absolute Gasteiger partial charge is 0.549 e. The van der Waals surface area contributed by atoms with E-state index in [1.165, 1.54) is 164 Å². The Morgan fingerprint density at radius 3 is 0.790 bits per heavy atom. The van der Waals surface area contributed by atoms with Crippen LogP contribution >= 0.6 is 0 Å². The molecular weight excluding hydrogens is 797 g/mol. The molecule has 0 saturated heterocycles. The van der Waals surface area contributed by atoms with Gasteiger partial charge in [-0.2, -0.15) is 8.42 Å². The van der Waals surface area contributed by atoms with Crippen molar-refractivity contribution in [1.82, 2.24) is 0 Å². The van der Waals surface area contributed by atoms with Crippen LogP contribution in [0.15, 0.2) is 0 Å². The SMILES string of the molecule is CCCCCCCCC(CCCCCCCC)(C(=O)[O-])C(C(=O)[O-])S(=O)(=O)O.CCCC[N+](CCCC)(CCCC)CCCC.CCCC[N+](CCCC)(CCCC)CCCC. The van der Waals surface area contributed by atoms with Gasteiger partial charge in [0.2, 0.25) is 0 Å². The molecule has 0 aromatic carbocycles. The molecule has 1 atom stereocenters. The van der Waals surface area contributed by atoms with Crippen LogP contribution in [-0.4, -0.2) is 91.5 Å². The summed E-state index contributed by atoms with van der Waals surface area (Å²) in [5, 5.41) is 21.0. The molecule has 0 fully saturated rings. The Hall–Kier alpha value is -1.23. The van der Waals surface area contributed by atoms with Crippen molar-refractivity contribution >= 4 is 22.1 Å². The number of hydrogen-bond donors (Lipinski definition) is 1. The topological polar surface area (TPSA) is 135 Å². The Bertz CT molecular complexity index is 989. The summed E-state index contributed by atoms with van der Waals surface area (Å²) in [4.78, 5) is 23.5. The minimum Gasteiger partial charge on any atom is -0.549 e. The standard InChI is InChI=1S/C20H38O7S.2C16H36N/c1-3-5-7-9-11-13-15-20(19(23)24,16-14-12-10-8-6-4-2)17(18(21)22)28(25,26)27;2*1-5-9-13-17(14-10-6-2,15-11-7-3)16-12-8-4/h17H,3-16H2,1-2H3,(H,21,22)(H,23,24)(H,25,26,27);2*5-16H2,1-4H3/q;2*+1/p-2. The van der Waals surface area contributed by atoms with Crippen molar-refractivity contribution in [1.29, 1.82) is 0 Å². The minimum absolute atomic E-state index is 0.172. The second-order valence-corrected chi connectivity index (χ2v) is 20.5. The van der Waals surface area contributed by atoms with Gasteiger partial charge in [-0.05, 0) is 64.2 Å². The Kier molecular flexibility index (Phi) is 44.5. The quantitative estimate of drug-likeness (QED) is 0.0366. The van der Waals surface area contributed by atoms with Crippen LogP contribution in [0.5, 0.6) is 0 Å². The first-order chi connectivity index (χ1) is 29.6. The summed E-state index contributed by atoms with van der Waals surface area (Å²) in [6, 6.07) is 0. The first-order valence-corrected chi connectivity index (χ1v) is 28.2. The molecule has 0 aromatic heterocycles. The second kappa shape index (κ2) is 42.4. The highest BCUT2D eigenvalue weighted by atomic mass is 32.2. The minimum atomic E-state index is -5.15. The van der Waals surface area contributed by atoms with E-state index < -0.39 is 32.7 Å². The van der Waals surface area contributed by atoms with Gasteiger partial charge >= 0.3 is 0 Å². The zero-order chi connectivity index (χ0) is 47.6. The molecule has 0 heterocycles. The summed E-state index contributed by atoms with van der Waals surface area (Å²) in [5.74, 6) is -3.84. The van der Waals surface area contributed by atoms with E-state index in [1.54, 1.807) is 0 Å². The summed E-state index contributed by atoms with van der Waals surface area (Å²) >= 11 is 0. The maximum absolute atomic E-state index is 12.0. The van der Waals surface area contributed by atoms with Gasteiger partial charge in [0.1, 0.15) is 5.25 Å². The second-order valence-electron chi connectivity index (χ2n) is 19.0. The van der Waals surface area contributed by atoms with Gasteiger partial charge in [-0.1, -0.05) is 198 Å². The molecule has 0 aliphatic rings. The Morgan fingerprint density at radius 2 is 0.613 bits per heavy atom. The van der Waals surface area contributed by atoms with Crippen molar-refractivity contribution in [2.45, 2.75) is 267 Å². The van der Waals surface area contributed by atoms with E-state index in [2.05, 4.69) is 69.2 Å². The highest BCUT2D eigenvalue weighted by Crippen LogP contribution is 2.38. The maximum atomic E-state index is 12.0. The number of rotatable bonds is 42. The molecule has 0 aliphatic carbocycles. The average Bonchev–Trinajstić information content (AvgIpc) is 3.24. The van der Waals surface area contributed by atoms with Crippen molar-refractivity contribution in [3.63, 3.8) is 0 Å². The van der Waals surface area contributed by atoms with E-state index in [1.807, 2.05) is 0 Å². The number of nitrogens with zero attached hydrogens (tertiary/aromatic N) is 2. The van der Waals surface area contributed by atoms with E-state index in [0.717, 1.165) is 51.4 Å². The van der Waals surface area contributed by atoms with Crippen LogP contribution < -0.4 is 10.2 Å². The van der Waals surface area contributed by atoms with Gasteiger partial charge in [0.05, 0.1) is 58.3 Å². The third kappa shape index (κ3) is 31.6. The number of aliphatic carboxylic acids is 2. The van der Waals surface area contributed by atoms with Crippen LogP contribution in [0.4, 0.5) is 0 Å². The van der Waals surface area contributed by atoms with Crippen molar-refractivity contribution < 1.29 is 41.7 Å². The van der Waals surface area contributed by atoms with Crippen LogP contribution in [0.3, 0.4) is 0 Å². The molecule has 1 N–H and O–H groups in total. The lowest BCUT2D eigenvalue weighted by molar-refractivity contribution is -0.929. The van der Waals surface area contributed by atoms with Gasteiger partial charge < -0.3 is 28.8 Å². The zero-order valence-corrected chi connectivity index (χ0v) is 44.0. The van der Waals surface area contributed by atoms with E-state index >= 15 is 0 Å². The number of carbonyl (C=O) groups excluding carboxylic acids is 2.